The van der Waals surface area contributed by atoms with E-state index >= 15 is 0 Å². The normalized spacial score (nSPS) is 16.1. The monoisotopic (exact) mass is 500 g/mol. The molecule has 0 radical (unpaired) electrons. The minimum absolute atomic E-state index is 0.136. The van der Waals surface area contributed by atoms with E-state index in [9.17, 15) is 14.0 Å². The number of amides is 1. The fourth-order valence-corrected chi connectivity index (χ4v) is 4.54. The molecule has 1 amide bonds. The van der Waals surface area contributed by atoms with E-state index in [0.717, 1.165) is 23.2 Å². The van der Waals surface area contributed by atoms with Gasteiger partial charge in [0.05, 0.1) is 6.04 Å². The van der Waals surface area contributed by atoms with Gasteiger partial charge in [-0.15, -0.1) is 0 Å². The van der Waals surface area contributed by atoms with Crippen LogP contribution in [0.15, 0.2) is 67.0 Å². The first-order valence-corrected chi connectivity index (χ1v) is 12.3. The molecular weight excluding hydrogens is 471 g/mol. The minimum atomic E-state index is -0.558. The number of carbonyl (C=O) groups excluding carboxylic acids is 2. The largest absolute Gasteiger partial charge is 0.444 e. The molecule has 190 valence electrons. The van der Waals surface area contributed by atoms with Crippen molar-refractivity contribution < 1.29 is 18.7 Å². The zero-order valence-electron chi connectivity index (χ0n) is 21.0. The Morgan fingerprint density at radius 1 is 1.05 bits per heavy atom. The summed E-state index contributed by atoms with van der Waals surface area (Å²) in [5, 5.41) is 4.06. The number of halogens is 1. The number of carbonyl (C=O) groups is 2. The predicted octanol–water partition coefficient (Wildman–Crippen LogP) is 5.48. The summed E-state index contributed by atoms with van der Waals surface area (Å²) in [4.78, 5) is 35.2. The topological polar surface area (TPSA) is 87.3 Å². The number of nitrogens with zero attached hydrogens (tertiary/aromatic N) is 2. The van der Waals surface area contributed by atoms with E-state index in [4.69, 9.17) is 4.74 Å². The first-order valence-electron chi connectivity index (χ1n) is 12.3. The number of rotatable bonds is 4. The maximum atomic E-state index is 13.3. The summed E-state index contributed by atoms with van der Waals surface area (Å²) in [5.41, 5.74) is 3.74. The zero-order valence-corrected chi connectivity index (χ0v) is 21.0. The maximum absolute atomic E-state index is 13.3. The van der Waals surface area contributed by atoms with Crippen molar-refractivity contribution in [1.29, 1.82) is 0 Å². The van der Waals surface area contributed by atoms with Crippen LogP contribution in [0.4, 0.5) is 9.18 Å². The average molecular weight is 501 g/mol. The van der Waals surface area contributed by atoms with Crippen molar-refractivity contribution in [3.05, 3.63) is 89.5 Å². The second-order valence-corrected chi connectivity index (χ2v) is 10.2. The highest BCUT2D eigenvalue weighted by molar-refractivity contribution is 6.16. The van der Waals surface area contributed by atoms with Crippen molar-refractivity contribution in [3.63, 3.8) is 0 Å². The standard InChI is InChI=1S/C29H29FN4O3/c1-29(2,3)37-28(36)34-13-12-31-17-25(34)19-6-4-18(5-7-19)21-14-23-24(16-33-27(23)32-15-21)26(35)20-8-10-22(30)11-9-20/h4-11,14-16,25,31H,12-13,17H2,1-3H3,(H,32,33). The Morgan fingerprint density at radius 3 is 2.49 bits per heavy atom. The van der Waals surface area contributed by atoms with Crippen LogP contribution >= 0.6 is 0 Å². The first-order chi connectivity index (χ1) is 17.7. The molecule has 1 saturated heterocycles. The van der Waals surface area contributed by atoms with Crippen LogP contribution in [0.5, 0.6) is 0 Å². The lowest BCUT2D eigenvalue weighted by Crippen LogP contribution is -2.50. The van der Waals surface area contributed by atoms with Crippen LogP contribution in [-0.4, -0.2) is 52.0 Å². The van der Waals surface area contributed by atoms with Gasteiger partial charge in [0.1, 0.15) is 17.1 Å². The van der Waals surface area contributed by atoms with Crippen LogP contribution in [-0.2, 0) is 4.74 Å². The van der Waals surface area contributed by atoms with Gasteiger partial charge in [0.15, 0.2) is 5.78 Å². The molecule has 1 atom stereocenters. The average Bonchev–Trinajstić information content (AvgIpc) is 3.31. The summed E-state index contributed by atoms with van der Waals surface area (Å²) < 4.78 is 18.9. The van der Waals surface area contributed by atoms with Crippen LogP contribution in [0.3, 0.4) is 0 Å². The molecule has 4 aromatic rings. The van der Waals surface area contributed by atoms with E-state index < -0.39 is 5.60 Å². The summed E-state index contributed by atoms with van der Waals surface area (Å²) in [6.45, 7) is 7.53. The number of fused-ring (bicyclic) bond motifs is 1. The van der Waals surface area contributed by atoms with Gasteiger partial charge in [0.2, 0.25) is 0 Å². The van der Waals surface area contributed by atoms with Crippen molar-refractivity contribution in [1.82, 2.24) is 20.2 Å². The van der Waals surface area contributed by atoms with Gasteiger partial charge in [0, 0.05) is 54.1 Å². The Morgan fingerprint density at radius 2 is 1.78 bits per heavy atom. The third-order valence-electron chi connectivity index (χ3n) is 6.38. The number of benzene rings is 2. The van der Waals surface area contributed by atoms with Crippen molar-refractivity contribution in [2.24, 2.45) is 0 Å². The number of ether oxygens (including phenoxy) is 1. The van der Waals surface area contributed by atoms with Crippen molar-refractivity contribution in [2.75, 3.05) is 19.6 Å². The van der Waals surface area contributed by atoms with Gasteiger partial charge < -0.3 is 15.0 Å². The summed E-state index contributed by atoms with van der Waals surface area (Å²) in [5.74, 6) is -0.589. The lowest BCUT2D eigenvalue weighted by molar-refractivity contribution is 0.0118. The zero-order chi connectivity index (χ0) is 26.2. The molecule has 1 fully saturated rings. The summed E-state index contributed by atoms with van der Waals surface area (Å²) in [6, 6.07) is 15.3. The SMILES string of the molecule is CC(C)(C)OC(=O)N1CCNCC1c1ccc(-c2cnc3[nH]cc(C(=O)c4ccc(F)cc4)c3c2)cc1. The van der Waals surface area contributed by atoms with Crippen molar-refractivity contribution >= 4 is 22.9 Å². The Kier molecular flexibility index (Phi) is 6.52. The Hall–Kier alpha value is -4.04. The number of H-pyrrole nitrogens is 1. The quantitative estimate of drug-likeness (QED) is 0.362. The molecule has 7 nitrogen and oxygen atoms in total. The minimum Gasteiger partial charge on any atom is -0.444 e. The van der Waals surface area contributed by atoms with E-state index in [-0.39, 0.29) is 23.7 Å². The fourth-order valence-electron chi connectivity index (χ4n) is 4.54. The number of ketones is 1. The van der Waals surface area contributed by atoms with Crippen molar-refractivity contribution in [3.8, 4) is 11.1 Å². The number of hydrogen-bond acceptors (Lipinski definition) is 5. The molecule has 3 heterocycles. The van der Waals surface area contributed by atoms with Crippen LogP contribution in [0.2, 0.25) is 0 Å². The molecule has 0 aliphatic carbocycles. The molecule has 0 bridgehead atoms. The molecule has 2 N–H and O–H groups in total. The van der Waals surface area contributed by atoms with Crippen LogP contribution in [0.1, 0.15) is 48.3 Å². The summed E-state index contributed by atoms with van der Waals surface area (Å²) in [6.07, 6.45) is 3.08. The molecule has 37 heavy (non-hydrogen) atoms. The number of hydrogen-bond donors (Lipinski definition) is 2. The van der Waals surface area contributed by atoms with Gasteiger partial charge in [-0.05, 0) is 62.2 Å². The summed E-state index contributed by atoms with van der Waals surface area (Å²) in [7, 11) is 0. The van der Waals surface area contributed by atoms with E-state index in [1.807, 2.05) is 51.1 Å². The number of pyridine rings is 1. The van der Waals surface area contributed by atoms with E-state index in [1.54, 1.807) is 17.3 Å². The molecule has 8 heteroatoms. The first kappa shape index (κ1) is 24.6. The molecule has 2 aromatic carbocycles. The molecule has 5 rings (SSSR count). The van der Waals surface area contributed by atoms with Gasteiger partial charge in [-0.3, -0.25) is 9.69 Å². The smallest absolute Gasteiger partial charge is 0.410 e. The van der Waals surface area contributed by atoms with E-state index in [0.29, 0.717) is 35.2 Å². The predicted molar refractivity (Wildman–Crippen MR) is 140 cm³/mol. The third kappa shape index (κ3) is 5.24. The third-order valence-corrected chi connectivity index (χ3v) is 6.38. The number of piperazine rings is 1. The number of nitrogens with one attached hydrogen (secondary N) is 2. The van der Waals surface area contributed by atoms with Crippen LogP contribution in [0, 0.1) is 5.82 Å². The van der Waals surface area contributed by atoms with E-state index in [2.05, 4.69) is 15.3 Å². The van der Waals surface area contributed by atoms with Gasteiger partial charge in [-0.2, -0.15) is 0 Å². The van der Waals surface area contributed by atoms with Gasteiger partial charge in [-0.25, -0.2) is 14.2 Å². The molecule has 1 unspecified atom stereocenters. The second kappa shape index (κ2) is 9.78. The second-order valence-electron chi connectivity index (χ2n) is 10.2. The highest BCUT2D eigenvalue weighted by Crippen LogP contribution is 2.29. The fraction of sp³-hybridized carbons (Fsp3) is 0.276. The number of aromatic amines is 1. The molecule has 0 spiro atoms. The lowest BCUT2D eigenvalue weighted by atomic mass is 9.98. The molecule has 1 aliphatic rings. The maximum Gasteiger partial charge on any atom is 0.410 e. The molecular formula is C29H29FN4O3. The van der Waals surface area contributed by atoms with E-state index in [1.165, 1.54) is 24.3 Å². The molecule has 2 aromatic heterocycles. The number of aromatic nitrogens is 2. The Bertz CT molecular complexity index is 1440. The summed E-state index contributed by atoms with van der Waals surface area (Å²) >= 11 is 0. The van der Waals surface area contributed by atoms with Gasteiger partial charge >= 0.3 is 6.09 Å². The highest BCUT2D eigenvalue weighted by atomic mass is 19.1. The molecule has 0 saturated carbocycles. The van der Waals surface area contributed by atoms with Crippen LogP contribution < -0.4 is 5.32 Å². The van der Waals surface area contributed by atoms with Crippen molar-refractivity contribution in [2.45, 2.75) is 32.4 Å². The van der Waals surface area contributed by atoms with Gasteiger partial charge in [-0.1, -0.05) is 24.3 Å². The Balaban J connectivity index is 1.41. The molecule has 1 aliphatic heterocycles. The van der Waals surface area contributed by atoms with Gasteiger partial charge in [0.25, 0.3) is 0 Å². The van der Waals surface area contributed by atoms with Crippen LogP contribution in [0.25, 0.3) is 22.2 Å². The Labute approximate surface area is 214 Å². The lowest BCUT2D eigenvalue weighted by Gasteiger charge is -2.37. The highest BCUT2D eigenvalue weighted by Gasteiger charge is 2.31.